The van der Waals surface area contributed by atoms with Gasteiger partial charge in [-0.25, -0.2) is 0 Å². The first kappa shape index (κ1) is 15.2. The maximum absolute atomic E-state index is 12.0. The van der Waals surface area contributed by atoms with E-state index in [1.54, 1.807) is 6.08 Å². The van der Waals surface area contributed by atoms with Gasteiger partial charge in [0, 0.05) is 19.1 Å². The van der Waals surface area contributed by atoms with E-state index in [9.17, 15) is 4.79 Å². The van der Waals surface area contributed by atoms with E-state index in [-0.39, 0.29) is 11.9 Å². The van der Waals surface area contributed by atoms with Crippen LogP contribution in [0.15, 0.2) is 12.7 Å². The Labute approximate surface area is 111 Å². The molecule has 0 aromatic carbocycles. The Morgan fingerprint density at radius 3 is 2.94 bits per heavy atom. The van der Waals surface area contributed by atoms with Crippen LogP contribution in [0.5, 0.6) is 0 Å². The number of piperidine rings is 1. The zero-order chi connectivity index (χ0) is 13.5. The second kappa shape index (κ2) is 7.54. The van der Waals surface area contributed by atoms with Gasteiger partial charge in [0.05, 0.1) is 6.04 Å². The summed E-state index contributed by atoms with van der Waals surface area (Å²) in [6, 6.07) is 0.240. The molecule has 3 unspecified atom stereocenters. The predicted molar refractivity (Wildman–Crippen MR) is 75.2 cm³/mol. The molecule has 0 bridgehead atoms. The Morgan fingerprint density at radius 1 is 1.67 bits per heavy atom. The molecule has 4 nitrogen and oxygen atoms in total. The van der Waals surface area contributed by atoms with E-state index in [0.29, 0.717) is 19.1 Å². The van der Waals surface area contributed by atoms with E-state index < -0.39 is 0 Å². The molecule has 1 fully saturated rings. The van der Waals surface area contributed by atoms with Gasteiger partial charge in [-0.1, -0.05) is 19.4 Å². The van der Waals surface area contributed by atoms with Gasteiger partial charge in [0.15, 0.2) is 0 Å². The molecule has 1 heterocycles. The van der Waals surface area contributed by atoms with Crippen molar-refractivity contribution in [2.24, 2.45) is 11.7 Å². The third-order valence-electron chi connectivity index (χ3n) is 4.02. The summed E-state index contributed by atoms with van der Waals surface area (Å²) >= 11 is 0. The molecular weight excluding hydrogens is 226 g/mol. The van der Waals surface area contributed by atoms with E-state index in [0.717, 1.165) is 18.9 Å². The summed E-state index contributed by atoms with van der Waals surface area (Å²) in [6.07, 6.45) is 5.20. The van der Waals surface area contributed by atoms with Crippen LogP contribution in [0.4, 0.5) is 0 Å². The van der Waals surface area contributed by atoms with Crippen molar-refractivity contribution >= 4 is 5.91 Å². The number of carbonyl (C=O) groups is 1. The first-order valence-electron chi connectivity index (χ1n) is 6.98. The zero-order valence-corrected chi connectivity index (χ0v) is 11.7. The van der Waals surface area contributed by atoms with Gasteiger partial charge in [-0.15, -0.1) is 6.58 Å². The molecule has 0 radical (unpaired) electrons. The standard InChI is InChI=1S/C14H27N3O/c1-4-7-16-14(18)11(3)17-8-6-12(5-2)9-13(17)10-15/h4,11-13H,1,5-10,15H2,2-3H3,(H,16,18). The lowest BCUT2D eigenvalue weighted by atomic mass is 9.88. The third kappa shape index (κ3) is 3.82. The van der Waals surface area contributed by atoms with Crippen molar-refractivity contribution < 1.29 is 4.79 Å². The van der Waals surface area contributed by atoms with Gasteiger partial charge in [-0.3, -0.25) is 9.69 Å². The number of rotatable bonds is 6. The minimum absolute atomic E-state index is 0.0725. The van der Waals surface area contributed by atoms with Crippen LogP contribution in [0, 0.1) is 5.92 Å². The summed E-state index contributed by atoms with van der Waals surface area (Å²) in [6.45, 7) is 9.94. The summed E-state index contributed by atoms with van der Waals surface area (Å²) in [5.41, 5.74) is 5.86. The summed E-state index contributed by atoms with van der Waals surface area (Å²) in [7, 11) is 0. The van der Waals surface area contributed by atoms with Gasteiger partial charge < -0.3 is 11.1 Å². The normalized spacial score (nSPS) is 26.6. The summed E-state index contributed by atoms with van der Waals surface area (Å²) < 4.78 is 0. The van der Waals surface area contributed by atoms with Crippen molar-refractivity contribution in [2.75, 3.05) is 19.6 Å². The summed E-state index contributed by atoms with van der Waals surface area (Å²) in [4.78, 5) is 14.2. The second-order valence-corrected chi connectivity index (χ2v) is 5.14. The van der Waals surface area contributed by atoms with Gasteiger partial charge in [0.1, 0.15) is 0 Å². The molecule has 0 aromatic heterocycles. The minimum atomic E-state index is -0.101. The summed E-state index contributed by atoms with van der Waals surface area (Å²) in [5, 5.41) is 2.86. The average molecular weight is 253 g/mol. The van der Waals surface area contributed by atoms with Crippen molar-refractivity contribution in [1.29, 1.82) is 0 Å². The van der Waals surface area contributed by atoms with Crippen LogP contribution >= 0.6 is 0 Å². The maximum atomic E-state index is 12.0. The maximum Gasteiger partial charge on any atom is 0.237 e. The number of nitrogens with two attached hydrogens (primary N) is 1. The fourth-order valence-electron chi connectivity index (χ4n) is 2.74. The highest BCUT2D eigenvalue weighted by Crippen LogP contribution is 2.26. The predicted octanol–water partition coefficient (Wildman–Crippen LogP) is 1.13. The number of nitrogens with one attached hydrogen (secondary N) is 1. The van der Waals surface area contributed by atoms with Gasteiger partial charge in [0.2, 0.25) is 5.91 Å². The molecular formula is C14H27N3O. The number of hydrogen-bond acceptors (Lipinski definition) is 3. The highest BCUT2D eigenvalue weighted by molar-refractivity contribution is 5.81. The molecule has 0 aliphatic carbocycles. The quantitative estimate of drug-likeness (QED) is 0.698. The van der Waals surface area contributed by atoms with E-state index in [2.05, 4.69) is 23.7 Å². The van der Waals surface area contributed by atoms with Crippen molar-refractivity contribution in [3.63, 3.8) is 0 Å². The molecule has 4 heteroatoms. The van der Waals surface area contributed by atoms with Gasteiger partial charge in [-0.05, 0) is 32.2 Å². The second-order valence-electron chi connectivity index (χ2n) is 5.14. The molecule has 1 aliphatic rings. The number of amides is 1. The van der Waals surface area contributed by atoms with Crippen LogP contribution in [-0.2, 0) is 4.79 Å². The molecule has 3 N–H and O–H groups in total. The molecule has 1 saturated heterocycles. The molecule has 1 rings (SSSR count). The lowest BCUT2D eigenvalue weighted by Gasteiger charge is -2.41. The van der Waals surface area contributed by atoms with Crippen molar-refractivity contribution in [3.8, 4) is 0 Å². The van der Waals surface area contributed by atoms with E-state index in [1.165, 1.54) is 12.8 Å². The lowest BCUT2D eigenvalue weighted by Crippen LogP contribution is -2.55. The van der Waals surface area contributed by atoms with Gasteiger partial charge >= 0.3 is 0 Å². The molecule has 0 spiro atoms. The fourth-order valence-corrected chi connectivity index (χ4v) is 2.74. The van der Waals surface area contributed by atoms with Crippen LogP contribution in [0.1, 0.15) is 33.1 Å². The highest BCUT2D eigenvalue weighted by Gasteiger charge is 2.32. The van der Waals surface area contributed by atoms with Crippen molar-refractivity contribution in [3.05, 3.63) is 12.7 Å². The van der Waals surface area contributed by atoms with Crippen molar-refractivity contribution in [1.82, 2.24) is 10.2 Å². The van der Waals surface area contributed by atoms with Gasteiger partial charge in [0.25, 0.3) is 0 Å². The van der Waals surface area contributed by atoms with Crippen LogP contribution < -0.4 is 11.1 Å². The fraction of sp³-hybridized carbons (Fsp3) is 0.786. The Kier molecular flexibility index (Phi) is 6.36. The van der Waals surface area contributed by atoms with Crippen LogP contribution in [-0.4, -0.2) is 42.5 Å². The SMILES string of the molecule is C=CCNC(=O)C(C)N1CCC(CC)CC1CN. The zero-order valence-electron chi connectivity index (χ0n) is 11.7. The van der Waals surface area contributed by atoms with Crippen LogP contribution in [0.2, 0.25) is 0 Å². The third-order valence-corrected chi connectivity index (χ3v) is 4.02. The van der Waals surface area contributed by atoms with Gasteiger partial charge in [-0.2, -0.15) is 0 Å². The minimum Gasteiger partial charge on any atom is -0.351 e. The van der Waals surface area contributed by atoms with E-state index in [1.807, 2.05) is 6.92 Å². The van der Waals surface area contributed by atoms with Crippen molar-refractivity contribution in [2.45, 2.75) is 45.2 Å². The number of likely N-dealkylation sites (tertiary alicyclic amines) is 1. The number of nitrogens with zero attached hydrogens (tertiary/aromatic N) is 1. The first-order chi connectivity index (χ1) is 8.63. The topological polar surface area (TPSA) is 58.4 Å². The smallest absolute Gasteiger partial charge is 0.237 e. The molecule has 18 heavy (non-hydrogen) atoms. The largest absolute Gasteiger partial charge is 0.351 e. The first-order valence-corrected chi connectivity index (χ1v) is 6.98. The molecule has 1 amide bonds. The Balaban J connectivity index is 2.57. The molecule has 0 saturated carbocycles. The van der Waals surface area contributed by atoms with E-state index in [4.69, 9.17) is 5.73 Å². The average Bonchev–Trinajstić information content (AvgIpc) is 2.43. The molecule has 1 aliphatic heterocycles. The Hall–Kier alpha value is -0.870. The number of hydrogen-bond donors (Lipinski definition) is 2. The highest BCUT2D eigenvalue weighted by atomic mass is 16.2. The Morgan fingerprint density at radius 2 is 2.39 bits per heavy atom. The van der Waals surface area contributed by atoms with E-state index >= 15 is 0 Å². The Bertz CT molecular complexity index is 280. The van der Waals surface area contributed by atoms with Crippen LogP contribution in [0.25, 0.3) is 0 Å². The molecule has 3 atom stereocenters. The monoisotopic (exact) mass is 253 g/mol. The molecule has 104 valence electrons. The number of carbonyl (C=O) groups excluding carboxylic acids is 1. The van der Waals surface area contributed by atoms with Crippen LogP contribution in [0.3, 0.4) is 0 Å². The molecule has 0 aromatic rings. The summed E-state index contributed by atoms with van der Waals surface area (Å²) in [5.74, 6) is 0.835. The lowest BCUT2D eigenvalue weighted by molar-refractivity contribution is -0.127.